The summed E-state index contributed by atoms with van der Waals surface area (Å²) in [7, 11) is 0. The third kappa shape index (κ3) is 3.41. The molecule has 106 valence electrons. The van der Waals surface area contributed by atoms with Crippen LogP contribution >= 0.6 is 11.8 Å². The lowest BCUT2D eigenvalue weighted by Gasteiger charge is -2.11. The van der Waals surface area contributed by atoms with Gasteiger partial charge in [-0.15, -0.1) is 6.58 Å². The highest BCUT2D eigenvalue weighted by Gasteiger charge is 2.15. The highest BCUT2D eigenvalue weighted by molar-refractivity contribution is 7.98. The summed E-state index contributed by atoms with van der Waals surface area (Å²) in [4.78, 5) is 8.87. The van der Waals surface area contributed by atoms with Crippen LogP contribution in [0.2, 0.25) is 0 Å². The normalized spacial score (nSPS) is 9.95. The molecule has 0 amide bonds. The van der Waals surface area contributed by atoms with Crippen LogP contribution in [0.25, 0.3) is 11.3 Å². The van der Waals surface area contributed by atoms with E-state index in [4.69, 9.17) is 0 Å². The Morgan fingerprint density at radius 2 is 2.05 bits per heavy atom. The number of nitriles is 1. The summed E-state index contributed by atoms with van der Waals surface area (Å²) in [5, 5.41) is 13.2. The maximum atomic E-state index is 9.48. The molecule has 0 saturated heterocycles. The molecule has 5 heteroatoms. The predicted octanol–water partition coefficient (Wildman–Crippen LogP) is 3.64. The summed E-state index contributed by atoms with van der Waals surface area (Å²) in [5.41, 5.74) is 3.19. The quantitative estimate of drug-likeness (QED) is 0.518. The fraction of sp³-hybridized carbons (Fsp3) is 0.188. The molecule has 0 aliphatic rings. The van der Waals surface area contributed by atoms with Crippen molar-refractivity contribution in [2.45, 2.75) is 12.1 Å². The minimum absolute atomic E-state index is 0.457. The van der Waals surface area contributed by atoms with E-state index in [2.05, 4.69) is 27.9 Å². The van der Waals surface area contributed by atoms with E-state index in [1.807, 2.05) is 37.4 Å². The fourth-order valence-electron chi connectivity index (χ4n) is 1.85. The number of nitrogens with one attached hydrogen (secondary N) is 1. The zero-order chi connectivity index (χ0) is 15.2. The van der Waals surface area contributed by atoms with Gasteiger partial charge in [-0.3, -0.25) is 0 Å². The SMILES string of the molecule is C=CCNc1nc(SC)nc(-c2ccc(C)cc2)c1C#N. The third-order valence-electron chi connectivity index (χ3n) is 2.92. The van der Waals surface area contributed by atoms with Crippen LogP contribution in [-0.4, -0.2) is 22.8 Å². The van der Waals surface area contributed by atoms with Crippen LogP contribution in [0.5, 0.6) is 0 Å². The second-order valence-corrected chi connectivity index (χ2v) is 5.20. The van der Waals surface area contributed by atoms with E-state index in [1.165, 1.54) is 17.3 Å². The molecular weight excluding hydrogens is 280 g/mol. The Hall–Kier alpha value is -2.32. The first kappa shape index (κ1) is 15.1. The van der Waals surface area contributed by atoms with E-state index in [0.717, 1.165) is 5.56 Å². The smallest absolute Gasteiger partial charge is 0.189 e. The maximum absolute atomic E-state index is 9.48. The van der Waals surface area contributed by atoms with Crippen LogP contribution in [0.3, 0.4) is 0 Å². The highest BCUT2D eigenvalue weighted by Crippen LogP contribution is 2.28. The van der Waals surface area contributed by atoms with E-state index in [9.17, 15) is 5.26 Å². The third-order valence-corrected chi connectivity index (χ3v) is 3.47. The molecule has 4 nitrogen and oxygen atoms in total. The van der Waals surface area contributed by atoms with Crippen LogP contribution < -0.4 is 5.32 Å². The molecule has 0 radical (unpaired) electrons. The summed E-state index contributed by atoms with van der Waals surface area (Å²) < 4.78 is 0. The molecule has 0 bridgehead atoms. The van der Waals surface area contributed by atoms with Crippen molar-refractivity contribution in [1.29, 1.82) is 5.26 Å². The molecule has 0 unspecified atom stereocenters. The molecule has 1 N–H and O–H groups in total. The first-order chi connectivity index (χ1) is 10.2. The number of nitrogens with zero attached hydrogens (tertiary/aromatic N) is 3. The fourth-order valence-corrected chi connectivity index (χ4v) is 2.22. The largest absolute Gasteiger partial charge is 0.365 e. The molecule has 0 saturated carbocycles. The average molecular weight is 296 g/mol. The van der Waals surface area contributed by atoms with Gasteiger partial charge in [-0.25, -0.2) is 9.97 Å². The number of thioether (sulfide) groups is 1. The Morgan fingerprint density at radius 1 is 1.33 bits per heavy atom. The lowest BCUT2D eigenvalue weighted by Crippen LogP contribution is -2.06. The summed E-state index contributed by atoms with van der Waals surface area (Å²) in [6, 6.07) is 10.2. The van der Waals surface area contributed by atoms with Crippen molar-refractivity contribution in [1.82, 2.24) is 9.97 Å². The molecule has 2 rings (SSSR count). The van der Waals surface area contributed by atoms with Gasteiger partial charge >= 0.3 is 0 Å². The van der Waals surface area contributed by atoms with E-state index >= 15 is 0 Å². The van der Waals surface area contributed by atoms with Crippen LogP contribution in [0.4, 0.5) is 5.82 Å². The van der Waals surface area contributed by atoms with Gasteiger partial charge in [0.25, 0.3) is 0 Å². The molecule has 1 aromatic carbocycles. The van der Waals surface area contributed by atoms with E-state index < -0.39 is 0 Å². The first-order valence-electron chi connectivity index (χ1n) is 6.47. The van der Waals surface area contributed by atoms with Gasteiger partial charge < -0.3 is 5.32 Å². The minimum atomic E-state index is 0.457. The topological polar surface area (TPSA) is 61.6 Å². The molecule has 21 heavy (non-hydrogen) atoms. The second-order valence-electron chi connectivity index (χ2n) is 4.43. The first-order valence-corrected chi connectivity index (χ1v) is 7.70. The van der Waals surface area contributed by atoms with Crippen molar-refractivity contribution in [3.05, 3.63) is 48.0 Å². The highest BCUT2D eigenvalue weighted by atomic mass is 32.2. The number of aromatic nitrogens is 2. The predicted molar refractivity (Wildman–Crippen MR) is 87.4 cm³/mol. The van der Waals surface area contributed by atoms with Crippen molar-refractivity contribution in [3.8, 4) is 17.3 Å². The molecule has 0 fully saturated rings. The van der Waals surface area contributed by atoms with Crippen molar-refractivity contribution >= 4 is 17.6 Å². The second kappa shape index (κ2) is 6.91. The lowest BCUT2D eigenvalue weighted by molar-refractivity contribution is 0.966. The van der Waals surface area contributed by atoms with Crippen molar-refractivity contribution in [2.24, 2.45) is 0 Å². The number of hydrogen-bond donors (Lipinski definition) is 1. The standard InChI is InChI=1S/C16H16N4S/c1-4-9-18-15-13(10-17)14(19-16(20-15)21-3)12-7-5-11(2)6-8-12/h4-8H,1,9H2,2-3H3,(H,18,19,20). The van der Waals surface area contributed by atoms with E-state index in [0.29, 0.717) is 28.8 Å². The van der Waals surface area contributed by atoms with Gasteiger partial charge in [-0.2, -0.15) is 5.26 Å². The van der Waals surface area contributed by atoms with Crippen LogP contribution in [0, 0.1) is 18.3 Å². The molecule has 1 heterocycles. The molecule has 0 spiro atoms. The van der Waals surface area contributed by atoms with E-state index in [-0.39, 0.29) is 0 Å². The Labute approximate surface area is 128 Å². The van der Waals surface area contributed by atoms with Gasteiger partial charge in [-0.1, -0.05) is 47.7 Å². The Bertz CT molecular complexity index is 687. The van der Waals surface area contributed by atoms with Gasteiger partial charge in [0.1, 0.15) is 17.5 Å². The van der Waals surface area contributed by atoms with Crippen LogP contribution in [-0.2, 0) is 0 Å². The van der Waals surface area contributed by atoms with Gasteiger partial charge in [0.05, 0.1) is 5.69 Å². The molecule has 2 aromatic rings. The number of hydrogen-bond acceptors (Lipinski definition) is 5. The maximum Gasteiger partial charge on any atom is 0.189 e. The summed E-state index contributed by atoms with van der Waals surface area (Å²) in [5.74, 6) is 0.548. The van der Waals surface area contributed by atoms with Crippen molar-refractivity contribution in [2.75, 3.05) is 18.1 Å². The average Bonchev–Trinajstić information content (AvgIpc) is 2.52. The minimum Gasteiger partial charge on any atom is -0.365 e. The lowest BCUT2D eigenvalue weighted by atomic mass is 10.1. The number of aryl methyl sites for hydroxylation is 1. The Balaban J connectivity index is 2.60. The molecule has 0 aliphatic carbocycles. The zero-order valence-corrected chi connectivity index (χ0v) is 12.9. The monoisotopic (exact) mass is 296 g/mol. The van der Waals surface area contributed by atoms with Crippen LogP contribution in [0.15, 0.2) is 42.1 Å². The van der Waals surface area contributed by atoms with Gasteiger partial charge in [0.15, 0.2) is 5.16 Å². The molecule has 0 atom stereocenters. The van der Waals surface area contributed by atoms with Gasteiger partial charge in [0, 0.05) is 12.1 Å². The van der Waals surface area contributed by atoms with Crippen LogP contribution in [0.1, 0.15) is 11.1 Å². The number of rotatable bonds is 5. The van der Waals surface area contributed by atoms with E-state index in [1.54, 1.807) is 6.08 Å². The van der Waals surface area contributed by atoms with Crippen molar-refractivity contribution < 1.29 is 0 Å². The Kier molecular flexibility index (Phi) is 4.96. The van der Waals surface area contributed by atoms with Crippen molar-refractivity contribution in [3.63, 3.8) is 0 Å². The zero-order valence-electron chi connectivity index (χ0n) is 12.1. The summed E-state index contributed by atoms with van der Waals surface area (Å²) in [6.07, 6.45) is 3.64. The van der Waals surface area contributed by atoms with Gasteiger partial charge in [0.2, 0.25) is 0 Å². The number of benzene rings is 1. The summed E-state index contributed by atoms with van der Waals surface area (Å²) >= 11 is 1.45. The Morgan fingerprint density at radius 3 is 2.62 bits per heavy atom. The van der Waals surface area contributed by atoms with Gasteiger partial charge in [-0.05, 0) is 13.2 Å². The summed E-state index contributed by atoms with van der Waals surface area (Å²) in [6.45, 7) is 6.25. The molecule has 1 aromatic heterocycles. The molecular formula is C16H16N4S. The number of anilines is 1. The molecule has 0 aliphatic heterocycles.